The Balaban J connectivity index is 2.04. The lowest BCUT2D eigenvalue weighted by Gasteiger charge is -2.30. The minimum atomic E-state index is 0.165. The lowest BCUT2D eigenvalue weighted by molar-refractivity contribution is 0.0731. The summed E-state index contributed by atoms with van der Waals surface area (Å²) in [4.78, 5) is 14.7. The van der Waals surface area contributed by atoms with Gasteiger partial charge in [0.2, 0.25) is 0 Å². The summed E-state index contributed by atoms with van der Waals surface area (Å²) < 4.78 is 1.11. The van der Waals surface area contributed by atoms with E-state index >= 15 is 0 Å². The fourth-order valence-corrected chi connectivity index (χ4v) is 3.24. The molecule has 1 aromatic carbocycles. The number of halogens is 1. The van der Waals surface area contributed by atoms with Crippen molar-refractivity contribution in [2.75, 3.05) is 19.6 Å². The minimum absolute atomic E-state index is 0.165. The highest BCUT2D eigenvalue weighted by atomic mass is 127. The second kappa shape index (κ2) is 7.98. The highest BCUT2D eigenvalue weighted by molar-refractivity contribution is 14.1. The lowest BCUT2D eigenvalue weighted by atomic mass is 10.0. The molecular weight excluding hydrogens is 363 g/mol. The molecule has 1 unspecified atom stereocenters. The Morgan fingerprint density at radius 3 is 2.95 bits per heavy atom. The molecule has 0 bridgehead atoms. The molecule has 1 heterocycles. The smallest absolute Gasteiger partial charge is 0.253 e. The predicted molar refractivity (Wildman–Crippen MR) is 91.0 cm³/mol. The third kappa shape index (κ3) is 4.45. The summed E-state index contributed by atoms with van der Waals surface area (Å²) in [5, 5.41) is 3.53. The molecule has 4 heteroatoms. The van der Waals surface area contributed by atoms with Crippen LogP contribution in [-0.2, 0) is 0 Å². The van der Waals surface area contributed by atoms with Crippen LogP contribution in [-0.4, -0.2) is 36.5 Å². The number of hydrogen-bond donors (Lipinski definition) is 1. The Kier molecular flexibility index (Phi) is 6.29. The van der Waals surface area contributed by atoms with E-state index in [1.807, 2.05) is 29.2 Å². The third-order valence-electron chi connectivity index (χ3n) is 3.71. The molecule has 110 valence electrons. The molecule has 20 heavy (non-hydrogen) atoms. The average Bonchev–Trinajstić information content (AvgIpc) is 2.47. The molecule has 1 N–H and O–H groups in total. The molecule has 0 spiro atoms. The van der Waals surface area contributed by atoms with Crippen molar-refractivity contribution in [1.82, 2.24) is 10.2 Å². The molecule has 1 saturated heterocycles. The van der Waals surface area contributed by atoms with Crippen LogP contribution in [0.3, 0.4) is 0 Å². The van der Waals surface area contributed by atoms with Gasteiger partial charge in [-0.3, -0.25) is 4.79 Å². The highest BCUT2D eigenvalue weighted by Gasteiger charge is 2.21. The van der Waals surface area contributed by atoms with Crippen molar-refractivity contribution < 1.29 is 4.79 Å². The minimum Gasteiger partial charge on any atom is -0.337 e. The Labute approximate surface area is 135 Å². The molecule has 0 saturated carbocycles. The second-order valence-electron chi connectivity index (χ2n) is 5.41. The summed E-state index contributed by atoms with van der Waals surface area (Å²) in [5.74, 6) is 0.165. The number of rotatable bonds is 5. The average molecular weight is 386 g/mol. The molecule has 0 aromatic heterocycles. The standard InChI is InChI=1S/C16H23IN2O/c1-2-10-19(12-15-8-3-4-9-18-15)16(20)13-6-5-7-14(17)11-13/h5-7,11,15,18H,2-4,8-10,12H2,1H3. The Hall–Kier alpha value is -0.620. The van der Waals surface area contributed by atoms with Gasteiger partial charge in [0, 0.05) is 28.3 Å². The first kappa shape index (κ1) is 15.8. The van der Waals surface area contributed by atoms with Gasteiger partial charge in [-0.1, -0.05) is 19.4 Å². The number of amides is 1. The first-order chi connectivity index (χ1) is 9.70. The molecule has 3 nitrogen and oxygen atoms in total. The maximum atomic E-state index is 12.7. The number of piperidine rings is 1. The summed E-state index contributed by atoms with van der Waals surface area (Å²) in [7, 11) is 0. The van der Waals surface area contributed by atoms with E-state index in [4.69, 9.17) is 0 Å². The molecule has 0 radical (unpaired) electrons. The number of carbonyl (C=O) groups excluding carboxylic acids is 1. The molecule has 1 aliphatic heterocycles. The van der Waals surface area contributed by atoms with Crippen LogP contribution in [0.5, 0.6) is 0 Å². The van der Waals surface area contributed by atoms with Crippen molar-refractivity contribution in [3.63, 3.8) is 0 Å². The molecule has 1 aromatic rings. The summed E-state index contributed by atoms with van der Waals surface area (Å²) in [6.07, 6.45) is 4.71. The lowest BCUT2D eigenvalue weighted by Crippen LogP contribution is -2.46. The van der Waals surface area contributed by atoms with Gasteiger partial charge in [0.25, 0.3) is 5.91 Å². The fraction of sp³-hybridized carbons (Fsp3) is 0.562. The fourth-order valence-electron chi connectivity index (χ4n) is 2.70. The van der Waals surface area contributed by atoms with E-state index in [1.54, 1.807) is 0 Å². The van der Waals surface area contributed by atoms with E-state index in [0.29, 0.717) is 6.04 Å². The Morgan fingerprint density at radius 2 is 2.30 bits per heavy atom. The van der Waals surface area contributed by atoms with Gasteiger partial charge in [0.05, 0.1) is 0 Å². The molecular formula is C16H23IN2O. The van der Waals surface area contributed by atoms with Gasteiger partial charge in [-0.05, 0) is 66.6 Å². The van der Waals surface area contributed by atoms with E-state index in [2.05, 4.69) is 34.8 Å². The van der Waals surface area contributed by atoms with E-state index < -0.39 is 0 Å². The third-order valence-corrected chi connectivity index (χ3v) is 4.38. The molecule has 1 fully saturated rings. The topological polar surface area (TPSA) is 32.3 Å². The molecule has 2 rings (SSSR count). The quantitative estimate of drug-likeness (QED) is 0.788. The van der Waals surface area contributed by atoms with Crippen molar-refractivity contribution in [1.29, 1.82) is 0 Å². The second-order valence-corrected chi connectivity index (χ2v) is 6.65. The summed E-state index contributed by atoms with van der Waals surface area (Å²) >= 11 is 2.26. The Bertz CT molecular complexity index is 444. The number of carbonyl (C=O) groups is 1. The van der Waals surface area contributed by atoms with Crippen LogP contribution in [0.2, 0.25) is 0 Å². The van der Waals surface area contributed by atoms with E-state index in [9.17, 15) is 4.79 Å². The molecule has 1 amide bonds. The maximum Gasteiger partial charge on any atom is 0.253 e. The van der Waals surface area contributed by atoms with Crippen LogP contribution in [0.25, 0.3) is 0 Å². The number of hydrogen-bond acceptors (Lipinski definition) is 2. The first-order valence-electron chi connectivity index (χ1n) is 7.49. The number of nitrogens with one attached hydrogen (secondary N) is 1. The number of nitrogens with zero attached hydrogens (tertiary/aromatic N) is 1. The van der Waals surface area contributed by atoms with Crippen LogP contribution in [0.4, 0.5) is 0 Å². The van der Waals surface area contributed by atoms with Crippen LogP contribution >= 0.6 is 22.6 Å². The molecule has 1 atom stereocenters. The van der Waals surface area contributed by atoms with E-state index in [-0.39, 0.29) is 5.91 Å². The van der Waals surface area contributed by atoms with Gasteiger partial charge in [-0.15, -0.1) is 0 Å². The van der Waals surface area contributed by atoms with Gasteiger partial charge in [-0.25, -0.2) is 0 Å². The summed E-state index contributed by atoms with van der Waals surface area (Å²) in [5.41, 5.74) is 0.807. The number of benzene rings is 1. The zero-order valence-electron chi connectivity index (χ0n) is 12.1. The van der Waals surface area contributed by atoms with Crippen molar-refractivity contribution in [3.8, 4) is 0 Å². The monoisotopic (exact) mass is 386 g/mol. The van der Waals surface area contributed by atoms with Crippen molar-refractivity contribution >= 4 is 28.5 Å². The van der Waals surface area contributed by atoms with Crippen LogP contribution in [0.15, 0.2) is 24.3 Å². The van der Waals surface area contributed by atoms with E-state index in [0.717, 1.165) is 35.2 Å². The van der Waals surface area contributed by atoms with E-state index in [1.165, 1.54) is 19.3 Å². The van der Waals surface area contributed by atoms with Gasteiger partial charge in [0.1, 0.15) is 0 Å². The SMILES string of the molecule is CCCN(CC1CCCCN1)C(=O)c1cccc(I)c1. The van der Waals surface area contributed by atoms with Crippen LogP contribution in [0, 0.1) is 3.57 Å². The molecule has 1 aliphatic rings. The summed E-state index contributed by atoms with van der Waals surface area (Å²) in [6.45, 7) is 4.88. The first-order valence-corrected chi connectivity index (χ1v) is 8.57. The van der Waals surface area contributed by atoms with Gasteiger partial charge in [0.15, 0.2) is 0 Å². The summed E-state index contributed by atoms with van der Waals surface area (Å²) in [6, 6.07) is 8.32. The van der Waals surface area contributed by atoms with Crippen molar-refractivity contribution in [2.24, 2.45) is 0 Å². The Morgan fingerprint density at radius 1 is 1.45 bits per heavy atom. The van der Waals surface area contributed by atoms with Gasteiger partial charge < -0.3 is 10.2 Å². The van der Waals surface area contributed by atoms with Crippen LogP contribution in [0.1, 0.15) is 43.0 Å². The van der Waals surface area contributed by atoms with Gasteiger partial charge >= 0.3 is 0 Å². The zero-order valence-corrected chi connectivity index (χ0v) is 14.2. The van der Waals surface area contributed by atoms with Gasteiger partial charge in [-0.2, -0.15) is 0 Å². The largest absolute Gasteiger partial charge is 0.337 e. The highest BCUT2D eigenvalue weighted by Crippen LogP contribution is 2.14. The normalized spacial score (nSPS) is 18.8. The molecule has 0 aliphatic carbocycles. The van der Waals surface area contributed by atoms with Crippen molar-refractivity contribution in [2.45, 2.75) is 38.6 Å². The predicted octanol–water partition coefficient (Wildman–Crippen LogP) is 3.29. The maximum absolute atomic E-state index is 12.7. The van der Waals surface area contributed by atoms with Crippen molar-refractivity contribution in [3.05, 3.63) is 33.4 Å². The zero-order chi connectivity index (χ0) is 14.4. The van der Waals surface area contributed by atoms with Crippen LogP contribution < -0.4 is 5.32 Å².